The number of halogens is 1. The average molecular weight is 250 g/mol. The molecule has 0 atom stereocenters. The molecule has 0 N–H and O–H groups in total. The van der Waals surface area contributed by atoms with Gasteiger partial charge in [-0.05, 0) is 25.6 Å². The Morgan fingerprint density at radius 1 is 1.28 bits per heavy atom. The lowest BCUT2D eigenvalue weighted by molar-refractivity contribution is 0.0638. The number of aryl methyl sites for hydroxylation is 1. The molecule has 1 heterocycles. The molecule has 1 fully saturated rings. The zero-order chi connectivity index (χ0) is 13.1. The maximum atomic E-state index is 13.7. The summed E-state index contributed by atoms with van der Waals surface area (Å²) in [5.74, 6) is -0.615. The van der Waals surface area contributed by atoms with Crippen molar-refractivity contribution in [3.05, 3.63) is 35.1 Å². The first-order valence-electron chi connectivity index (χ1n) is 6.39. The van der Waals surface area contributed by atoms with E-state index in [0.29, 0.717) is 13.1 Å². The average Bonchev–Trinajstić information content (AvgIpc) is 2.41. The van der Waals surface area contributed by atoms with Crippen molar-refractivity contribution in [2.24, 2.45) is 0 Å². The molecule has 1 aliphatic rings. The highest BCUT2D eigenvalue weighted by Crippen LogP contribution is 2.14. The smallest absolute Gasteiger partial charge is 0.256 e. The lowest BCUT2D eigenvalue weighted by atomic mass is 10.1. The van der Waals surface area contributed by atoms with E-state index in [2.05, 4.69) is 11.8 Å². The molecule has 18 heavy (non-hydrogen) atoms. The van der Waals surface area contributed by atoms with Crippen LogP contribution < -0.4 is 0 Å². The standard InChI is InChI=1S/C14H19FN2O/c1-3-16-6-8-17(9-7-16)14(18)12-10-11(2)4-5-13(12)15/h4-5,10H,3,6-9H2,1-2H3. The fraction of sp³-hybridized carbons (Fsp3) is 0.500. The second-order valence-corrected chi connectivity index (χ2v) is 4.71. The third kappa shape index (κ3) is 2.70. The SMILES string of the molecule is CCN1CCN(C(=O)c2cc(C)ccc2F)CC1. The van der Waals surface area contributed by atoms with Gasteiger partial charge in [0.15, 0.2) is 0 Å². The molecule has 0 aromatic heterocycles. The van der Waals surface area contributed by atoms with Crippen molar-refractivity contribution >= 4 is 5.91 Å². The molecule has 1 aliphatic heterocycles. The molecule has 0 spiro atoms. The minimum Gasteiger partial charge on any atom is -0.336 e. The van der Waals surface area contributed by atoms with E-state index in [-0.39, 0.29) is 11.5 Å². The Kier molecular flexibility index (Phi) is 3.97. The van der Waals surface area contributed by atoms with Crippen LogP contribution in [0.2, 0.25) is 0 Å². The first kappa shape index (κ1) is 13.0. The minimum absolute atomic E-state index is 0.188. The van der Waals surface area contributed by atoms with Crippen molar-refractivity contribution in [3.8, 4) is 0 Å². The Labute approximate surface area is 107 Å². The topological polar surface area (TPSA) is 23.6 Å². The van der Waals surface area contributed by atoms with E-state index in [1.165, 1.54) is 6.07 Å². The summed E-state index contributed by atoms with van der Waals surface area (Å²) in [6.45, 7) is 8.08. The molecule has 1 saturated heterocycles. The zero-order valence-corrected chi connectivity index (χ0v) is 10.9. The van der Waals surface area contributed by atoms with E-state index in [9.17, 15) is 9.18 Å². The minimum atomic E-state index is -0.427. The Balaban J connectivity index is 2.10. The van der Waals surface area contributed by atoms with Crippen molar-refractivity contribution in [3.63, 3.8) is 0 Å². The summed E-state index contributed by atoms with van der Waals surface area (Å²) in [5, 5.41) is 0. The molecule has 1 amide bonds. The van der Waals surface area contributed by atoms with Crippen molar-refractivity contribution < 1.29 is 9.18 Å². The zero-order valence-electron chi connectivity index (χ0n) is 10.9. The fourth-order valence-corrected chi connectivity index (χ4v) is 2.24. The fourth-order valence-electron chi connectivity index (χ4n) is 2.24. The molecule has 0 bridgehead atoms. The molecule has 1 aromatic carbocycles. The number of carbonyl (C=O) groups is 1. The molecule has 0 radical (unpaired) electrons. The second kappa shape index (κ2) is 5.48. The van der Waals surface area contributed by atoms with Crippen LogP contribution in [-0.4, -0.2) is 48.4 Å². The van der Waals surface area contributed by atoms with E-state index in [0.717, 1.165) is 25.2 Å². The van der Waals surface area contributed by atoms with Crippen LogP contribution >= 0.6 is 0 Å². The number of carbonyl (C=O) groups excluding carboxylic acids is 1. The Bertz CT molecular complexity index is 439. The van der Waals surface area contributed by atoms with Crippen LogP contribution in [0.4, 0.5) is 4.39 Å². The summed E-state index contributed by atoms with van der Waals surface area (Å²) >= 11 is 0. The van der Waals surface area contributed by atoms with Crippen LogP contribution in [0.5, 0.6) is 0 Å². The maximum Gasteiger partial charge on any atom is 0.256 e. The van der Waals surface area contributed by atoms with Gasteiger partial charge in [0, 0.05) is 26.2 Å². The van der Waals surface area contributed by atoms with Crippen LogP contribution in [0.1, 0.15) is 22.8 Å². The van der Waals surface area contributed by atoms with E-state index in [1.807, 2.05) is 6.92 Å². The molecule has 3 nitrogen and oxygen atoms in total. The van der Waals surface area contributed by atoms with Gasteiger partial charge in [0.2, 0.25) is 0 Å². The lowest BCUT2D eigenvalue weighted by Crippen LogP contribution is -2.48. The first-order chi connectivity index (χ1) is 8.61. The van der Waals surface area contributed by atoms with Gasteiger partial charge < -0.3 is 9.80 Å². The van der Waals surface area contributed by atoms with Crippen LogP contribution in [0.3, 0.4) is 0 Å². The summed E-state index contributed by atoms with van der Waals surface area (Å²) in [6.07, 6.45) is 0. The third-order valence-electron chi connectivity index (χ3n) is 3.46. The summed E-state index contributed by atoms with van der Waals surface area (Å²) < 4.78 is 13.7. The monoisotopic (exact) mass is 250 g/mol. The number of benzene rings is 1. The van der Waals surface area contributed by atoms with Crippen LogP contribution in [0.25, 0.3) is 0 Å². The van der Waals surface area contributed by atoms with E-state index < -0.39 is 5.82 Å². The lowest BCUT2D eigenvalue weighted by Gasteiger charge is -2.34. The number of piperazine rings is 1. The van der Waals surface area contributed by atoms with E-state index in [1.54, 1.807) is 17.0 Å². The largest absolute Gasteiger partial charge is 0.336 e. The van der Waals surface area contributed by atoms with Gasteiger partial charge in [-0.1, -0.05) is 18.6 Å². The molecule has 0 aliphatic carbocycles. The van der Waals surface area contributed by atoms with Gasteiger partial charge >= 0.3 is 0 Å². The third-order valence-corrected chi connectivity index (χ3v) is 3.46. The van der Waals surface area contributed by atoms with Gasteiger partial charge in [-0.3, -0.25) is 4.79 Å². The molecule has 0 saturated carbocycles. The predicted octanol–water partition coefficient (Wildman–Crippen LogP) is 1.91. The molecular formula is C14H19FN2O. The van der Waals surface area contributed by atoms with Crippen molar-refractivity contribution in [2.45, 2.75) is 13.8 Å². The molecule has 0 unspecified atom stereocenters. The van der Waals surface area contributed by atoms with Crippen LogP contribution in [-0.2, 0) is 0 Å². The first-order valence-corrected chi connectivity index (χ1v) is 6.39. The molecule has 1 aromatic rings. The maximum absolute atomic E-state index is 13.7. The summed E-state index contributed by atoms with van der Waals surface area (Å²) in [7, 11) is 0. The normalized spacial score (nSPS) is 16.9. The van der Waals surface area contributed by atoms with Crippen LogP contribution in [0.15, 0.2) is 18.2 Å². The molecular weight excluding hydrogens is 231 g/mol. The molecule has 2 rings (SSSR count). The van der Waals surface area contributed by atoms with Gasteiger partial charge in [-0.15, -0.1) is 0 Å². The van der Waals surface area contributed by atoms with Gasteiger partial charge in [0.05, 0.1) is 5.56 Å². The number of nitrogens with zero attached hydrogens (tertiary/aromatic N) is 2. The summed E-state index contributed by atoms with van der Waals surface area (Å²) in [4.78, 5) is 16.3. The highest BCUT2D eigenvalue weighted by Gasteiger charge is 2.23. The van der Waals surface area contributed by atoms with Gasteiger partial charge in [-0.25, -0.2) is 4.39 Å². The number of hydrogen-bond donors (Lipinski definition) is 0. The van der Waals surface area contributed by atoms with Gasteiger partial charge in [0.25, 0.3) is 5.91 Å². The second-order valence-electron chi connectivity index (χ2n) is 4.71. The van der Waals surface area contributed by atoms with Gasteiger partial charge in [0.1, 0.15) is 5.82 Å². The van der Waals surface area contributed by atoms with Gasteiger partial charge in [-0.2, -0.15) is 0 Å². The number of likely N-dealkylation sites (N-methyl/N-ethyl adjacent to an activating group) is 1. The van der Waals surface area contributed by atoms with Crippen molar-refractivity contribution in [2.75, 3.05) is 32.7 Å². The highest BCUT2D eigenvalue weighted by molar-refractivity contribution is 5.94. The summed E-state index contributed by atoms with van der Waals surface area (Å²) in [5.41, 5.74) is 1.10. The summed E-state index contributed by atoms with van der Waals surface area (Å²) in [6, 6.07) is 4.68. The molecule has 4 heteroatoms. The Morgan fingerprint density at radius 2 is 1.94 bits per heavy atom. The van der Waals surface area contributed by atoms with E-state index >= 15 is 0 Å². The van der Waals surface area contributed by atoms with Crippen molar-refractivity contribution in [1.82, 2.24) is 9.80 Å². The number of rotatable bonds is 2. The predicted molar refractivity (Wildman–Crippen MR) is 69.2 cm³/mol. The quantitative estimate of drug-likeness (QED) is 0.800. The van der Waals surface area contributed by atoms with Crippen LogP contribution in [0, 0.1) is 12.7 Å². The van der Waals surface area contributed by atoms with E-state index in [4.69, 9.17) is 0 Å². The van der Waals surface area contributed by atoms with Crippen molar-refractivity contribution in [1.29, 1.82) is 0 Å². The number of amides is 1. The number of hydrogen-bond acceptors (Lipinski definition) is 2. The molecule has 98 valence electrons. The Hall–Kier alpha value is -1.42. The Morgan fingerprint density at radius 3 is 2.56 bits per heavy atom. The highest BCUT2D eigenvalue weighted by atomic mass is 19.1.